The first-order chi connectivity index (χ1) is 15.1. The zero-order valence-corrected chi connectivity index (χ0v) is 18.4. The SMILES string of the molecule is CC(N)C1CCCC(C(=O)NC(CN2CCC(c3ccccc3)C2)Cn2cncn2)N1. The number of piperidine rings is 1. The molecule has 0 radical (unpaired) electrons. The van der Waals surface area contributed by atoms with Crippen molar-refractivity contribution in [2.45, 2.75) is 69.2 Å². The number of nitrogens with zero attached hydrogens (tertiary/aromatic N) is 4. The summed E-state index contributed by atoms with van der Waals surface area (Å²) in [6.07, 6.45) is 7.30. The first kappa shape index (κ1) is 21.9. The zero-order valence-electron chi connectivity index (χ0n) is 18.4. The van der Waals surface area contributed by atoms with Gasteiger partial charge >= 0.3 is 0 Å². The van der Waals surface area contributed by atoms with Crippen molar-refractivity contribution >= 4 is 5.91 Å². The Labute approximate surface area is 184 Å². The number of nitrogens with two attached hydrogens (primary N) is 1. The standard InChI is InChI=1S/C23H35N7O/c1-17(24)21-8-5-9-22(28-21)23(31)27-20(14-30-16-25-15-26-30)13-29-11-10-19(12-29)18-6-3-2-4-7-18/h2-4,6-7,15-17,19-22,28H,5,8-14,24H2,1H3,(H,27,31). The molecular formula is C23H35N7O. The van der Waals surface area contributed by atoms with Gasteiger partial charge in [-0.3, -0.25) is 9.48 Å². The molecule has 168 valence electrons. The largest absolute Gasteiger partial charge is 0.349 e. The maximum absolute atomic E-state index is 13.1. The Morgan fingerprint density at radius 2 is 2.10 bits per heavy atom. The van der Waals surface area contributed by atoms with E-state index in [4.69, 9.17) is 5.73 Å². The molecule has 2 aliphatic heterocycles. The molecule has 2 aromatic rings. The highest BCUT2D eigenvalue weighted by atomic mass is 16.2. The molecule has 4 N–H and O–H groups in total. The average molecular weight is 426 g/mol. The van der Waals surface area contributed by atoms with Crippen molar-refractivity contribution in [1.29, 1.82) is 0 Å². The maximum Gasteiger partial charge on any atom is 0.237 e. The van der Waals surface area contributed by atoms with Crippen LogP contribution in [0, 0.1) is 0 Å². The van der Waals surface area contributed by atoms with Crippen LogP contribution in [0.1, 0.15) is 44.1 Å². The summed E-state index contributed by atoms with van der Waals surface area (Å²) in [5, 5.41) is 11.0. The van der Waals surface area contributed by atoms with Gasteiger partial charge in [0.15, 0.2) is 0 Å². The van der Waals surface area contributed by atoms with E-state index in [0.717, 1.165) is 45.3 Å². The van der Waals surface area contributed by atoms with E-state index in [1.54, 1.807) is 11.0 Å². The van der Waals surface area contributed by atoms with Crippen LogP contribution < -0.4 is 16.4 Å². The molecule has 0 saturated carbocycles. The number of amides is 1. The van der Waals surface area contributed by atoms with Gasteiger partial charge in [0.25, 0.3) is 0 Å². The predicted octanol–water partition coefficient (Wildman–Crippen LogP) is 1.11. The van der Waals surface area contributed by atoms with Gasteiger partial charge < -0.3 is 21.3 Å². The van der Waals surface area contributed by atoms with Crippen LogP contribution in [-0.4, -0.2) is 69.4 Å². The highest BCUT2D eigenvalue weighted by Crippen LogP contribution is 2.27. The number of aromatic nitrogens is 3. The second-order valence-corrected chi connectivity index (χ2v) is 9.09. The van der Waals surface area contributed by atoms with Crippen molar-refractivity contribution < 1.29 is 4.79 Å². The molecule has 8 heteroatoms. The molecule has 1 aromatic heterocycles. The van der Waals surface area contributed by atoms with E-state index in [-0.39, 0.29) is 30.1 Å². The molecule has 4 rings (SSSR count). The average Bonchev–Trinajstić information content (AvgIpc) is 3.47. The first-order valence-corrected chi connectivity index (χ1v) is 11.5. The second kappa shape index (κ2) is 10.3. The third-order valence-corrected chi connectivity index (χ3v) is 6.62. The molecule has 0 bridgehead atoms. The lowest BCUT2D eigenvalue weighted by molar-refractivity contribution is -0.125. The van der Waals surface area contributed by atoms with Gasteiger partial charge in [0.05, 0.1) is 18.6 Å². The van der Waals surface area contributed by atoms with Crippen LogP contribution in [-0.2, 0) is 11.3 Å². The smallest absolute Gasteiger partial charge is 0.237 e. The van der Waals surface area contributed by atoms with E-state index >= 15 is 0 Å². The summed E-state index contributed by atoms with van der Waals surface area (Å²) in [5.41, 5.74) is 7.47. The van der Waals surface area contributed by atoms with Crippen LogP contribution in [0.2, 0.25) is 0 Å². The van der Waals surface area contributed by atoms with Crippen molar-refractivity contribution in [3.05, 3.63) is 48.5 Å². The number of hydrogen-bond donors (Lipinski definition) is 3. The number of rotatable bonds is 8. The number of carbonyl (C=O) groups excluding carboxylic acids is 1. The Morgan fingerprint density at radius 1 is 1.26 bits per heavy atom. The lowest BCUT2D eigenvalue weighted by Gasteiger charge is -2.34. The summed E-state index contributed by atoms with van der Waals surface area (Å²) in [5.74, 6) is 0.616. The Balaban J connectivity index is 1.37. The molecule has 0 spiro atoms. The quantitative estimate of drug-likeness (QED) is 0.586. The van der Waals surface area contributed by atoms with Gasteiger partial charge in [0, 0.05) is 25.2 Å². The van der Waals surface area contributed by atoms with Crippen molar-refractivity contribution in [2.24, 2.45) is 5.73 Å². The Bertz CT molecular complexity index is 811. The molecule has 0 aliphatic carbocycles. The van der Waals surface area contributed by atoms with Gasteiger partial charge in [0.2, 0.25) is 5.91 Å². The van der Waals surface area contributed by atoms with Crippen molar-refractivity contribution in [2.75, 3.05) is 19.6 Å². The lowest BCUT2D eigenvalue weighted by Crippen LogP contribution is -2.58. The fraction of sp³-hybridized carbons (Fsp3) is 0.609. The molecule has 31 heavy (non-hydrogen) atoms. The Morgan fingerprint density at radius 3 is 2.84 bits per heavy atom. The van der Waals surface area contributed by atoms with Crippen LogP contribution in [0.3, 0.4) is 0 Å². The monoisotopic (exact) mass is 425 g/mol. The number of hydrogen-bond acceptors (Lipinski definition) is 6. The van der Waals surface area contributed by atoms with Gasteiger partial charge in [-0.2, -0.15) is 5.10 Å². The van der Waals surface area contributed by atoms with E-state index in [9.17, 15) is 4.79 Å². The molecule has 5 atom stereocenters. The van der Waals surface area contributed by atoms with Crippen molar-refractivity contribution in [1.82, 2.24) is 30.3 Å². The zero-order chi connectivity index (χ0) is 21.6. The summed E-state index contributed by atoms with van der Waals surface area (Å²) < 4.78 is 1.80. The van der Waals surface area contributed by atoms with Crippen molar-refractivity contribution in [3.63, 3.8) is 0 Å². The molecule has 2 fully saturated rings. The van der Waals surface area contributed by atoms with E-state index in [2.05, 4.69) is 55.9 Å². The van der Waals surface area contributed by atoms with Crippen LogP contribution in [0.15, 0.2) is 43.0 Å². The normalized spacial score (nSPS) is 26.5. The fourth-order valence-corrected chi connectivity index (χ4v) is 4.90. The third kappa shape index (κ3) is 5.90. The minimum atomic E-state index is -0.182. The minimum Gasteiger partial charge on any atom is -0.349 e. The Hall–Kier alpha value is -2.29. The molecule has 1 aromatic carbocycles. The number of benzene rings is 1. The number of likely N-dealkylation sites (tertiary alicyclic amines) is 1. The van der Waals surface area contributed by atoms with Crippen LogP contribution >= 0.6 is 0 Å². The molecule has 3 heterocycles. The first-order valence-electron chi connectivity index (χ1n) is 11.5. The van der Waals surface area contributed by atoms with E-state index in [0.29, 0.717) is 12.5 Å². The van der Waals surface area contributed by atoms with Crippen LogP contribution in [0.4, 0.5) is 0 Å². The van der Waals surface area contributed by atoms with Gasteiger partial charge in [-0.05, 0) is 50.6 Å². The molecule has 5 unspecified atom stereocenters. The van der Waals surface area contributed by atoms with Crippen molar-refractivity contribution in [3.8, 4) is 0 Å². The molecule has 8 nitrogen and oxygen atoms in total. The highest BCUT2D eigenvalue weighted by Gasteiger charge is 2.31. The second-order valence-electron chi connectivity index (χ2n) is 9.09. The summed E-state index contributed by atoms with van der Waals surface area (Å²) in [6, 6.07) is 10.7. The summed E-state index contributed by atoms with van der Waals surface area (Å²) in [7, 11) is 0. The van der Waals surface area contributed by atoms with E-state index in [1.807, 2.05) is 6.92 Å². The minimum absolute atomic E-state index is 0.0267. The lowest BCUT2D eigenvalue weighted by atomic mass is 9.94. The topological polar surface area (TPSA) is 101 Å². The van der Waals surface area contributed by atoms with E-state index in [1.165, 1.54) is 11.9 Å². The predicted molar refractivity (Wildman–Crippen MR) is 120 cm³/mol. The van der Waals surface area contributed by atoms with Crippen LogP contribution in [0.5, 0.6) is 0 Å². The third-order valence-electron chi connectivity index (χ3n) is 6.62. The van der Waals surface area contributed by atoms with Crippen LogP contribution in [0.25, 0.3) is 0 Å². The molecule has 2 saturated heterocycles. The van der Waals surface area contributed by atoms with Gasteiger partial charge in [-0.15, -0.1) is 0 Å². The molecular weight excluding hydrogens is 390 g/mol. The summed E-state index contributed by atoms with van der Waals surface area (Å²) >= 11 is 0. The van der Waals surface area contributed by atoms with E-state index < -0.39 is 0 Å². The maximum atomic E-state index is 13.1. The number of nitrogens with one attached hydrogen (secondary N) is 2. The molecule has 1 amide bonds. The summed E-state index contributed by atoms with van der Waals surface area (Å²) in [6.45, 7) is 5.47. The number of carbonyl (C=O) groups is 1. The Kier molecular flexibility index (Phi) is 7.32. The van der Waals surface area contributed by atoms with Gasteiger partial charge in [-0.25, -0.2) is 4.98 Å². The highest BCUT2D eigenvalue weighted by molar-refractivity contribution is 5.82. The van der Waals surface area contributed by atoms with Gasteiger partial charge in [0.1, 0.15) is 12.7 Å². The fourth-order valence-electron chi connectivity index (χ4n) is 4.90. The summed E-state index contributed by atoms with van der Waals surface area (Å²) in [4.78, 5) is 19.6. The van der Waals surface area contributed by atoms with Gasteiger partial charge in [-0.1, -0.05) is 30.3 Å². The molecule has 2 aliphatic rings.